The molecule has 4 nitrogen and oxygen atoms in total. The first-order chi connectivity index (χ1) is 8.03. The lowest BCUT2D eigenvalue weighted by Gasteiger charge is -2.05. The third-order valence-electron chi connectivity index (χ3n) is 2.40. The second-order valence-corrected chi connectivity index (χ2v) is 5.24. The number of nitrogens with two attached hydrogens (primary N) is 1. The molecule has 0 atom stereocenters. The fraction of sp³-hybridized carbons (Fsp3) is 0.167. The summed E-state index contributed by atoms with van der Waals surface area (Å²) in [6.45, 7) is 1.76. The molecular formula is C12H13NO3S. The first-order valence-electron chi connectivity index (χ1n) is 5.21. The Balaban J connectivity index is 2.58. The van der Waals surface area contributed by atoms with E-state index in [0.717, 1.165) is 10.8 Å². The normalized spacial score (nSPS) is 11.8. The average Bonchev–Trinajstić information content (AvgIpc) is 2.28. The molecule has 0 unspecified atom stereocenters. The molecule has 0 heterocycles. The van der Waals surface area contributed by atoms with Crippen LogP contribution < -0.4 is 5.73 Å². The number of hydrogen-bond donors (Lipinski definition) is 1. The van der Waals surface area contributed by atoms with Gasteiger partial charge in [-0.05, 0) is 42.0 Å². The van der Waals surface area contributed by atoms with Crippen LogP contribution in [0.3, 0.4) is 0 Å². The predicted octanol–water partition coefficient (Wildman–Crippen LogP) is 2.15. The first kappa shape index (κ1) is 11.9. The molecule has 2 rings (SSSR count). The second kappa shape index (κ2) is 4.35. The Morgan fingerprint density at radius 2 is 1.82 bits per heavy atom. The van der Waals surface area contributed by atoms with E-state index in [9.17, 15) is 8.42 Å². The largest absolute Gasteiger partial charge is 0.399 e. The van der Waals surface area contributed by atoms with Gasteiger partial charge in [-0.15, -0.1) is 0 Å². The van der Waals surface area contributed by atoms with Gasteiger partial charge in [-0.3, -0.25) is 4.18 Å². The van der Waals surface area contributed by atoms with Gasteiger partial charge in [0.25, 0.3) is 10.1 Å². The zero-order chi connectivity index (χ0) is 12.5. The Labute approximate surface area is 100 Å². The van der Waals surface area contributed by atoms with Crippen LogP contribution in [-0.2, 0) is 14.3 Å². The van der Waals surface area contributed by atoms with Crippen molar-refractivity contribution >= 4 is 26.6 Å². The quantitative estimate of drug-likeness (QED) is 0.670. The number of nitrogen functional groups attached to an aromatic ring is 1. The van der Waals surface area contributed by atoms with Crippen LogP contribution in [0.1, 0.15) is 6.92 Å². The maximum Gasteiger partial charge on any atom is 0.296 e. The van der Waals surface area contributed by atoms with Crippen molar-refractivity contribution in [3.63, 3.8) is 0 Å². The Hall–Kier alpha value is -1.59. The van der Waals surface area contributed by atoms with Crippen molar-refractivity contribution in [2.45, 2.75) is 11.8 Å². The lowest BCUT2D eigenvalue weighted by molar-refractivity contribution is 0.338. The minimum Gasteiger partial charge on any atom is -0.399 e. The molecule has 0 saturated heterocycles. The van der Waals surface area contributed by atoms with Crippen molar-refractivity contribution in [1.29, 1.82) is 0 Å². The van der Waals surface area contributed by atoms with Crippen molar-refractivity contribution in [2.75, 3.05) is 12.3 Å². The summed E-state index contributed by atoms with van der Waals surface area (Å²) in [5.41, 5.74) is 6.26. The zero-order valence-corrected chi connectivity index (χ0v) is 10.2. The molecule has 0 radical (unpaired) electrons. The van der Waals surface area contributed by atoms with Crippen LogP contribution in [0, 0.1) is 0 Å². The summed E-state index contributed by atoms with van der Waals surface area (Å²) in [7, 11) is -3.66. The molecule has 0 aliphatic carbocycles. The van der Waals surface area contributed by atoms with Crippen LogP contribution in [-0.4, -0.2) is 15.0 Å². The third-order valence-corrected chi connectivity index (χ3v) is 3.77. The molecule has 0 aliphatic rings. The maximum atomic E-state index is 11.7. The fourth-order valence-electron chi connectivity index (χ4n) is 1.62. The highest BCUT2D eigenvalue weighted by Crippen LogP contribution is 2.22. The SMILES string of the molecule is CCOS(=O)(=O)c1ccc2ccc(N)cc2c1. The van der Waals surface area contributed by atoms with Gasteiger partial charge in [0.15, 0.2) is 0 Å². The summed E-state index contributed by atoms with van der Waals surface area (Å²) in [5.74, 6) is 0. The molecule has 0 fully saturated rings. The Morgan fingerprint density at radius 3 is 2.53 bits per heavy atom. The number of fused-ring (bicyclic) bond motifs is 1. The second-order valence-electron chi connectivity index (χ2n) is 3.63. The number of rotatable bonds is 3. The summed E-state index contributed by atoms with van der Waals surface area (Å²) in [6.07, 6.45) is 0. The average molecular weight is 251 g/mol. The van der Waals surface area contributed by atoms with Crippen molar-refractivity contribution in [1.82, 2.24) is 0 Å². The molecule has 17 heavy (non-hydrogen) atoms. The van der Waals surface area contributed by atoms with Crippen LogP contribution in [0.4, 0.5) is 5.69 Å². The summed E-state index contributed by atoms with van der Waals surface area (Å²) in [4.78, 5) is 0.150. The van der Waals surface area contributed by atoms with Crippen molar-refractivity contribution in [3.05, 3.63) is 36.4 Å². The highest BCUT2D eigenvalue weighted by Gasteiger charge is 2.14. The smallest absolute Gasteiger partial charge is 0.296 e. The van der Waals surface area contributed by atoms with E-state index in [0.29, 0.717) is 5.69 Å². The van der Waals surface area contributed by atoms with E-state index < -0.39 is 10.1 Å². The maximum absolute atomic E-state index is 11.7. The molecular weight excluding hydrogens is 238 g/mol. The highest BCUT2D eigenvalue weighted by atomic mass is 32.2. The van der Waals surface area contributed by atoms with Gasteiger partial charge >= 0.3 is 0 Å². The standard InChI is InChI=1S/C12H13NO3S/c1-2-16-17(14,15)12-6-4-9-3-5-11(13)7-10(9)8-12/h3-8H,2,13H2,1H3. The molecule has 0 aromatic heterocycles. The van der Waals surface area contributed by atoms with Crippen LogP contribution in [0.5, 0.6) is 0 Å². The van der Waals surface area contributed by atoms with E-state index in [1.807, 2.05) is 6.07 Å². The van der Waals surface area contributed by atoms with Gasteiger partial charge in [0.05, 0.1) is 11.5 Å². The van der Waals surface area contributed by atoms with E-state index >= 15 is 0 Å². The van der Waals surface area contributed by atoms with Gasteiger partial charge in [-0.2, -0.15) is 8.42 Å². The summed E-state index contributed by atoms with van der Waals surface area (Å²) in [6, 6.07) is 10.2. The van der Waals surface area contributed by atoms with Gasteiger partial charge in [0.2, 0.25) is 0 Å². The molecule has 2 aromatic carbocycles. The molecule has 0 amide bonds. The van der Waals surface area contributed by atoms with Crippen molar-refractivity contribution in [2.24, 2.45) is 0 Å². The summed E-state index contributed by atoms with van der Waals surface area (Å²) in [5, 5.41) is 1.72. The molecule has 2 N–H and O–H groups in total. The van der Waals surface area contributed by atoms with Crippen molar-refractivity contribution < 1.29 is 12.6 Å². The third kappa shape index (κ3) is 2.40. The molecule has 0 aliphatic heterocycles. The lowest BCUT2D eigenvalue weighted by atomic mass is 10.1. The zero-order valence-electron chi connectivity index (χ0n) is 9.38. The molecule has 5 heteroatoms. The molecule has 0 bridgehead atoms. The Kier molecular flexibility index (Phi) is 3.04. The topological polar surface area (TPSA) is 69.4 Å². The molecule has 90 valence electrons. The Morgan fingerprint density at radius 1 is 1.12 bits per heavy atom. The predicted molar refractivity (Wildman–Crippen MR) is 67.2 cm³/mol. The fourth-order valence-corrected chi connectivity index (χ4v) is 2.57. The van der Waals surface area contributed by atoms with E-state index in [1.54, 1.807) is 31.2 Å². The lowest BCUT2D eigenvalue weighted by Crippen LogP contribution is -2.05. The minimum absolute atomic E-state index is 0.122. The van der Waals surface area contributed by atoms with Crippen LogP contribution in [0.25, 0.3) is 10.8 Å². The highest BCUT2D eigenvalue weighted by molar-refractivity contribution is 7.86. The van der Waals surface area contributed by atoms with Gasteiger partial charge in [-0.1, -0.05) is 12.1 Å². The van der Waals surface area contributed by atoms with Crippen LogP contribution >= 0.6 is 0 Å². The van der Waals surface area contributed by atoms with Crippen molar-refractivity contribution in [3.8, 4) is 0 Å². The van der Waals surface area contributed by atoms with Gasteiger partial charge in [0.1, 0.15) is 0 Å². The first-order valence-corrected chi connectivity index (χ1v) is 6.62. The summed E-state index contributed by atoms with van der Waals surface area (Å²) >= 11 is 0. The molecule has 0 saturated carbocycles. The number of hydrogen-bond acceptors (Lipinski definition) is 4. The van der Waals surface area contributed by atoms with E-state index in [1.165, 1.54) is 6.07 Å². The monoisotopic (exact) mass is 251 g/mol. The number of anilines is 1. The van der Waals surface area contributed by atoms with E-state index in [-0.39, 0.29) is 11.5 Å². The summed E-state index contributed by atoms with van der Waals surface area (Å²) < 4.78 is 28.2. The van der Waals surface area contributed by atoms with E-state index in [4.69, 9.17) is 9.92 Å². The minimum atomic E-state index is -3.66. The number of benzene rings is 2. The molecule has 2 aromatic rings. The van der Waals surface area contributed by atoms with Crippen LogP contribution in [0.2, 0.25) is 0 Å². The Bertz CT molecular complexity index is 650. The van der Waals surface area contributed by atoms with Gasteiger partial charge in [0, 0.05) is 5.69 Å². The van der Waals surface area contributed by atoms with Gasteiger partial charge in [-0.25, -0.2) is 0 Å². The van der Waals surface area contributed by atoms with E-state index in [2.05, 4.69) is 0 Å². The van der Waals surface area contributed by atoms with Gasteiger partial charge < -0.3 is 5.73 Å². The van der Waals surface area contributed by atoms with Crippen LogP contribution in [0.15, 0.2) is 41.3 Å². The molecule has 0 spiro atoms.